The molecule has 1 amide bonds. The third kappa shape index (κ3) is 3.13. The Morgan fingerprint density at radius 3 is 2.96 bits per heavy atom. The molecule has 3 atom stereocenters. The molecule has 3 heterocycles. The monoisotopic (exact) mass is 362 g/mol. The van der Waals surface area contributed by atoms with Crippen molar-refractivity contribution in [2.24, 2.45) is 11.8 Å². The summed E-state index contributed by atoms with van der Waals surface area (Å²) in [6.07, 6.45) is 11.9. The van der Waals surface area contributed by atoms with Crippen molar-refractivity contribution in [2.45, 2.75) is 38.3 Å². The lowest BCUT2D eigenvalue weighted by atomic mass is 9.95. The first kappa shape index (κ1) is 16.2. The third-order valence-corrected chi connectivity index (χ3v) is 5.86. The highest BCUT2D eigenvalue weighted by atomic mass is 16.1. The van der Waals surface area contributed by atoms with Gasteiger partial charge in [0.1, 0.15) is 11.4 Å². The minimum atomic E-state index is -0.0699. The van der Waals surface area contributed by atoms with Crippen molar-refractivity contribution in [1.82, 2.24) is 24.9 Å². The fraction of sp³-hybridized carbons (Fsp3) is 0.400. The van der Waals surface area contributed by atoms with E-state index in [1.807, 2.05) is 30.6 Å². The van der Waals surface area contributed by atoms with Gasteiger partial charge in [0.2, 0.25) is 0 Å². The summed E-state index contributed by atoms with van der Waals surface area (Å²) in [4.78, 5) is 21.5. The molecule has 0 radical (unpaired) electrons. The van der Waals surface area contributed by atoms with Gasteiger partial charge in [0.05, 0.1) is 6.20 Å². The van der Waals surface area contributed by atoms with Crippen LogP contribution in [0.2, 0.25) is 0 Å². The number of pyridine rings is 1. The van der Waals surface area contributed by atoms with Gasteiger partial charge in [-0.2, -0.15) is 5.10 Å². The lowest BCUT2D eigenvalue weighted by molar-refractivity contribution is 0.0924. The molecule has 0 unspecified atom stereocenters. The van der Waals surface area contributed by atoms with Crippen molar-refractivity contribution in [2.75, 3.05) is 5.32 Å². The molecule has 2 N–H and O–H groups in total. The Kier molecular flexibility index (Phi) is 3.99. The van der Waals surface area contributed by atoms with Crippen molar-refractivity contribution in [3.05, 3.63) is 54.1 Å². The van der Waals surface area contributed by atoms with Crippen LogP contribution in [-0.4, -0.2) is 31.5 Å². The Bertz CT molecular complexity index is 969. The Morgan fingerprint density at radius 1 is 1.22 bits per heavy atom. The van der Waals surface area contributed by atoms with Crippen molar-refractivity contribution in [3.63, 3.8) is 0 Å². The molecule has 3 aromatic rings. The van der Waals surface area contributed by atoms with Gasteiger partial charge in [-0.1, -0.05) is 12.5 Å². The van der Waals surface area contributed by atoms with Crippen LogP contribution in [0.4, 0.5) is 5.82 Å². The average Bonchev–Trinajstić information content (AvgIpc) is 3.42. The zero-order valence-corrected chi connectivity index (χ0v) is 15.0. The van der Waals surface area contributed by atoms with Crippen LogP contribution in [-0.2, 0) is 6.54 Å². The lowest BCUT2D eigenvalue weighted by Gasteiger charge is -2.22. The average molecular weight is 362 g/mol. The highest BCUT2D eigenvalue weighted by molar-refractivity contribution is 6.00. The molecule has 138 valence electrons. The number of hydrogen-bond donors (Lipinski definition) is 2. The molecule has 2 bridgehead atoms. The van der Waals surface area contributed by atoms with E-state index in [1.165, 1.54) is 19.3 Å². The molecule has 27 heavy (non-hydrogen) atoms. The lowest BCUT2D eigenvalue weighted by Crippen LogP contribution is -2.38. The number of carbonyl (C=O) groups is 1. The minimum absolute atomic E-state index is 0.0699. The first-order valence-electron chi connectivity index (χ1n) is 9.54. The van der Waals surface area contributed by atoms with E-state index in [0.717, 1.165) is 17.9 Å². The standard InChI is InChI=1S/C20H22N6O/c27-20(24-17-9-13-3-4-15(17)8-13)16-12-23-26-7-5-18(25-19(16)26)22-11-14-2-1-6-21-10-14/h1-2,5-7,10,12-13,15,17H,3-4,8-9,11H2,(H,22,25)(H,24,27)/t13-,15+,17-/m0/s1. The minimum Gasteiger partial charge on any atom is -0.366 e. The van der Waals surface area contributed by atoms with Crippen LogP contribution in [0.25, 0.3) is 5.65 Å². The molecule has 2 aliphatic carbocycles. The Labute approximate surface area is 157 Å². The largest absolute Gasteiger partial charge is 0.366 e. The maximum Gasteiger partial charge on any atom is 0.256 e. The number of nitrogens with zero attached hydrogens (tertiary/aromatic N) is 4. The number of rotatable bonds is 5. The van der Waals surface area contributed by atoms with Gasteiger partial charge in [0, 0.05) is 31.2 Å². The second-order valence-electron chi connectivity index (χ2n) is 7.61. The fourth-order valence-corrected chi connectivity index (χ4v) is 4.49. The number of hydrogen-bond acceptors (Lipinski definition) is 5. The number of fused-ring (bicyclic) bond motifs is 3. The molecule has 0 saturated heterocycles. The van der Waals surface area contributed by atoms with E-state index in [2.05, 4.69) is 25.7 Å². The van der Waals surface area contributed by atoms with Gasteiger partial charge < -0.3 is 10.6 Å². The van der Waals surface area contributed by atoms with Gasteiger partial charge >= 0.3 is 0 Å². The van der Waals surface area contributed by atoms with E-state index in [1.54, 1.807) is 16.9 Å². The Hall–Kier alpha value is -2.96. The van der Waals surface area contributed by atoms with E-state index < -0.39 is 0 Å². The summed E-state index contributed by atoms with van der Waals surface area (Å²) in [6, 6.07) is 6.07. The number of amides is 1. The highest BCUT2D eigenvalue weighted by Crippen LogP contribution is 2.44. The van der Waals surface area contributed by atoms with Crippen molar-refractivity contribution in [3.8, 4) is 0 Å². The quantitative estimate of drug-likeness (QED) is 0.729. The van der Waals surface area contributed by atoms with Gasteiger partial charge in [-0.05, 0) is 48.8 Å². The summed E-state index contributed by atoms with van der Waals surface area (Å²) in [5.41, 5.74) is 2.18. The molecule has 5 rings (SSSR count). The maximum atomic E-state index is 12.8. The molecule has 0 aliphatic heterocycles. The zero-order chi connectivity index (χ0) is 18.2. The van der Waals surface area contributed by atoms with E-state index in [0.29, 0.717) is 35.5 Å². The van der Waals surface area contributed by atoms with E-state index in [9.17, 15) is 4.79 Å². The van der Waals surface area contributed by atoms with Crippen LogP contribution in [0, 0.1) is 11.8 Å². The van der Waals surface area contributed by atoms with Crippen molar-refractivity contribution >= 4 is 17.4 Å². The molecule has 7 heteroatoms. The second-order valence-corrected chi connectivity index (χ2v) is 7.61. The summed E-state index contributed by atoms with van der Waals surface area (Å²) in [5.74, 6) is 2.08. The Morgan fingerprint density at radius 2 is 2.19 bits per heavy atom. The van der Waals surface area contributed by atoms with Crippen LogP contribution in [0.1, 0.15) is 41.6 Å². The van der Waals surface area contributed by atoms with Gasteiger partial charge in [0.25, 0.3) is 5.91 Å². The third-order valence-electron chi connectivity index (χ3n) is 5.86. The first-order valence-corrected chi connectivity index (χ1v) is 9.54. The maximum absolute atomic E-state index is 12.8. The Balaban J connectivity index is 1.33. The van der Waals surface area contributed by atoms with Crippen molar-refractivity contribution < 1.29 is 4.79 Å². The normalized spacial score (nSPS) is 23.6. The first-order chi connectivity index (χ1) is 13.3. The topological polar surface area (TPSA) is 84.2 Å². The predicted octanol–water partition coefficient (Wildman–Crippen LogP) is 2.65. The number of aromatic nitrogens is 4. The van der Waals surface area contributed by atoms with Gasteiger partial charge in [-0.3, -0.25) is 9.78 Å². The van der Waals surface area contributed by atoms with Crippen LogP contribution in [0.15, 0.2) is 43.0 Å². The van der Waals surface area contributed by atoms with E-state index in [-0.39, 0.29) is 5.91 Å². The number of carbonyl (C=O) groups excluding carboxylic acids is 1. The van der Waals surface area contributed by atoms with Crippen molar-refractivity contribution in [1.29, 1.82) is 0 Å². The molecule has 7 nitrogen and oxygen atoms in total. The summed E-state index contributed by atoms with van der Waals surface area (Å²) in [6.45, 7) is 0.623. The number of nitrogens with one attached hydrogen (secondary N) is 2. The summed E-state index contributed by atoms with van der Waals surface area (Å²) >= 11 is 0. The molecular weight excluding hydrogens is 340 g/mol. The molecule has 0 spiro atoms. The van der Waals surface area contributed by atoms with Gasteiger partial charge in [-0.15, -0.1) is 0 Å². The molecule has 0 aromatic carbocycles. The van der Waals surface area contributed by atoms with Gasteiger partial charge in [-0.25, -0.2) is 9.50 Å². The summed E-state index contributed by atoms with van der Waals surface area (Å²) in [7, 11) is 0. The number of anilines is 1. The zero-order valence-electron chi connectivity index (χ0n) is 15.0. The van der Waals surface area contributed by atoms with Crippen LogP contribution < -0.4 is 10.6 Å². The molecule has 3 aromatic heterocycles. The molecule has 2 saturated carbocycles. The highest BCUT2D eigenvalue weighted by Gasteiger charge is 2.40. The SMILES string of the molecule is O=C(N[C@H]1C[C@H]2CC[C@@H]1C2)c1cnn2ccc(NCc3cccnc3)nc12. The van der Waals surface area contributed by atoms with E-state index >= 15 is 0 Å². The molecule has 2 fully saturated rings. The van der Waals surface area contributed by atoms with Crippen LogP contribution in [0.3, 0.4) is 0 Å². The van der Waals surface area contributed by atoms with Gasteiger partial charge in [0.15, 0.2) is 5.65 Å². The summed E-state index contributed by atoms with van der Waals surface area (Å²) < 4.78 is 1.64. The summed E-state index contributed by atoms with van der Waals surface area (Å²) in [5, 5.41) is 10.8. The second kappa shape index (κ2) is 6.64. The van der Waals surface area contributed by atoms with Crippen LogP contribution >= 0.6 is 0 Å². The van der Waals surface area contributed by atoms with E-state index in [4.69, 9.17) is 0 Å². The fourth-order valence-electron chi connectivity index (χ4n) is 4.49. The molecular formula is C20H22N6O. The molecule has 2 aliphatic rings. The smallest absolute Gasteiger partial charge is 0.256 e. The predicted molar refractivity (Wildman–Crippen MR) is 101 cm³/mol. The van der Waals surface area contributed by atoms with Crippen LogP contribution in [0.5, 0.6) is 0 Å².